The van der Waals surface area contributed by atoms with Gasteiger partial charge in [0, 0.05) is 18.0 Å². The van der Waals surface area contributed by atoms with Gasteiger partial charge in [-0.3, -0.25) is 9.78 Å². The van der Waals surface area contributed by atoms with Gasteiger partial charge in [-0.15, -0.1) is 0 Å². The number of hydrogen-bond acceptors (Lipinski definition) is 3. The van der Waals surface area contributed by atoms with E-state index in [4.69, 9.17) is 5.73 Å². The smallest absolute Gasteiger partial charge is 0.149 e. The number of nitrogens with one attached hydrogen (secondary N) is 1. The van der Waals surface area contributed by atoms with Crippen molar-refractivity contribution in [1.29, 1.82) is 0 Å². The summed E-state index contributed by atoms with van der Waals surface area (Å²) in [5, 5.41) is 13.0. The van der Waals surface area contributed by atoms with E-state index in [-0.39, 0.29) is 0 Å². The molecule has 0 saturated heterocycles. The molecule has 5 nitrogen and oxygen atoms in total. The fraction of sp³-hybridized carbons (Fsp3) is 0.333. The zero-order valence-corrected chi connectivity index (χ0v) is 12.0. The van der Waals surface area contributed by atoms with E-state index < -0.39 is 0 Å². The molecule has 0 aliphatic heterocycles. The molecule has 3 rings (SSSR count). The van der Waals surface area contributed by atoms with Crippen molar-refractivity contribution in [2.75, 3.05) is 5.73 Å². The van der Waals surface area contributed by atoms with Crippen LogP contribution >= 0.6 is 0 Å². The van der Waals surface area contributed by atoms with Crippen LogP contribution in [0.4, 0.5) is 5.82 Å². The summed E-state index contributed by atoms with van der Waals surface area (Å²) in [6, 6.07) is 8.18. The fourth-order valence-electron chi connectivity index (χ4n) is 2.59. The Bertz CT molecular complexity index is 751. The highest BCUT2D eigenvalue weighted by molar-refractivity contribution is 5.93. The quantitative estimate of drug-likeness (QED) is 0.768. The van der Waals surface area contributed by atoms with Gasteiger partial charge in [0.05, 0.1) is 11.2 Å². The monoisotopic (exact) mass is 269 g/mol. The molecule has 2 heterocycles. The van der Waals surface area contributed by atoms with E-state index in [1.165, 1.54) is 0 Å². The van der Waals surface area contributed by atoms with Crippen LogP contribution in [0.1, 0.15) is 19.4 Å². The minimum Gasteiger partial charge on any atom is -0.382 e. The summed E-state index contributed by atoms with van der Waals surface area (Å²) in [4.78, 5) is 0. The SMILES string of the molecule is CC(C)Cc1c(N)n[nH]c1-c1nn(C)c2ccccc12. The Morgan fingerprint density at radius 1 is 1.30 bits per heavy atom. The highest BCUT2D eigenvalue weighted by atomic mass is 15.3. The number of para-hydroxylation sites is 1. The summed E-state index contributed by atoms with van der Waals surface area (Å²) in [5.74, 6) is 1.09. The minimum absolute atomic E-state index is 0.517. The first kappa shape index (κ1) is 12.7. The van der Waals surface area contributed by atoms with Crippen molar-refractivity contribution in [1.82, 2.24) is 20.0 Å². The molecule has 0 radical (unpaired) electrons. The first-order chi connectivity index (χ1) is 9.58. The number of nitrogens with two attached hydrogens (primary N) is 1. The van der Waals surface area contributed by atoms with E-state index in [2.05, 4.69) is 41.3 Å². The van der Waals surface area contributed by atoms with Crippen LogP contribution in [-0.2, 0) is 13.5 Å². The molecule has 0 spiro atoms. The fourth-order valence-corrected chi connectivity index (χ4v) is 2.59. The van der Waals surface area contributed by atoms with Crippen molar-refractivity contribution in [3.63, 3.8) is 0 Å². The Balaban J connectivity index is 2.21. The summed E-state index contributed by atoms with van der Waals surface area (Å²) in [6.07, 6.45) is 0.891. The molecule has 3 aromatic rings. The van der Waals surface area contributed by atoms with Crippen molar-refractivity contribution in [3.05, 3.63) is 29.8 Å². The number of hydrogen-bond donors (Lipinski definition) is 2. The largest absolute Gasteiger partial charge is 0.382 e. The predicted octanol–water partition coefficient (Wildman–Crippen LogP) is 2.74. The number of aromatic nitrogens is 4. The van der Waals surface area contributed by atoms with Crippen molar-refractivity contribution in [2.24, 2.45) is 13.0 Å². The maximum absolute atomic E-state index is 6.00. The van der Waals surface area contributed by atoms with E-state index >= 15 is 0 Å². The molecule has 0 unspecified atom stereocenters. The van der Waals surface area contributed by atoms with Gasteiger partial charge >= 0.3 is 0 Å². The summed E-state index contributed by atoms with van der Waals surface area (Å²) in [5.41, 5.74) is 10.0. The van der Waals surface area contributed by atoms with Crippen LogP contribution in [0.2, 0.25) is 0 Å². The normalized spacial score (nSPS) is 11.6. The molecule has 0 aliphatic rings. The minimum atomic E-state index is 0.517. The van der Waals surface area contributed by atoms with Gasteiger partial charge in [0.1, 0.15) is 11.5 Å². The van der Waals surface area contributed by atoms with Gasteiger partial charge in [-0.25, -0.2) is 0 Å². The number of nitrogen functional groups attached to an aromatic ring is 1. The van der Waals surface area contributed by atoms with Crippen LogP contribution in [-0.4, -0.2) is 20.0 Å². The second kappa shape index (κ2) is 4.67. The van der Waals surface area contributed by atoms with E-state index in [0.717, 1.165) is 34.3 Å². The Kier molecular flexibility index (Phi) is 2.97. The van der Waals surface area contributed by atoms with Crippen LogP contribution in [0, 0.1) is 5.92 Å². The lowest BCUT2D eigenvalue weighted by Gasteiger charge is -2.05. The number of aromatic amines is 1. The van der Waals surface area contributed by atoms with Gasteiger partial charge in [-0.05, 0) is 18.4 Å². The third kappa shape index (κ3) is 1.95. The van der Waals surface area contributed by atoms with Gasteiger partial charge < -0.3 is 5.73 Å². The van der Waals surface area contributed by atoms with E-state index in [9.17, 15) is 0 Å². The molecule has 104 valence electrons. The van der Waals surface area contributed by atoms with Crippen LogP contribution in [0.5, 0.6) is 0 Å². The Hall–Kier alpha value is -2.30. The van der Waals surface area contributed by atoms with E-state index in [1.807, 2.05) is 23.9 Å². The van der Waals surface area contributed by atoms with Crippen LogP contribution in [0.3, 0.4) is 0 Å². The van der Waals surface area contributed by atoms with Gasteiger partial charge in [0.2, 0.25) is 0 Å². The van der Waals surface area contributed by atoms with Gasteiger partial charge in [0.25, 0.3) is 0 Å². The maximum atomic E-state index is 6.00. The summed E-state index contributed by atoms with van der Waals surface area (Å²) >= 11 is 0. The average Bonchev–Trinajstić information content (AvgIpc) is 2.92. The highest BCUT2D eigenvalue weighted by Gasteiger charge is 2.19. The molecule has 0 bridgehead atoms. The van der Waals surface area contributed by atoms with Crippen LogP contribution in [0.15, 0.2) is 24.3 Å². The lowest BCUT2D eigenvalue weighted by Crippen LogP contribution is -1.99. The number of rotatable bonds is 3. The molecular formula is C15H19N5. The van der Waals surface area contributed by atoms with E-state index in [1.54, 1.807) is 0 Å². The Labute approximate surface area is 117 Å². The summed E-state index contributed by atoms with van der Waals surface area (Å²) < 4.78 is 1.89. The highest BCUT2D eigenvalue weighted by Crippen LogP contribution is 2.31. The molecule has 0 atom stereocenters. The lowest BCUT2D eigenvalue weighted by molar-refractivity contribution is 0.649. The van der Waals surface area contributed by atoms with Gasteiger partial charge in [0.15, 0.2) is 0 Å². The van der Waals surface area contributed by atoms with Gasteiger partial charge in [-0.1, -0.05) is 32.0 Å². The third-order valence-corrected chi connectivity index (χ3v) is 3.51. The predicted molar refractivity (Wildman–Crippen MR) is 81.3 cm³/mol. The molecule has 2 aromatic heterocycles. The second-order valence-corrected chi connectivity index (χ2v) is 5.55. The molecule has 0 fully saturated rings. The van der Waals surface area contributed by atoms with Crippen molar-refractivity contribution in [3.8, 4) is 11.4 Å². The molecular weight excluding hydrogens is 250 g/mol. The molecule has 5 heteroatoms. The standard InChI is InChI=1S/C15H19N5/c1-9(2)8-11-13(17-18-15(11)16)14-10-6-4-5-7-12(10)20(3)19-14/h4-7,9H,8H2,1-3H3,(H3,16,17,18). The van der Waals surface area contributed by atoms with Crippen molar-refractivity contribution >= 4 is 16.7 Å². The number of nitrogens with zero attached hydrogens (tertiary/aromatic N) is 3. The molecule has 0 amide bonds. The topological polar surface area (TPSA) is 72.5 Å². The van der Waals surface area contributed by atoms with Crippen LogP contribution in [0.25, 0.3) is 22.3 Å². The van der Waals surface area contributed by atoms with Crippen molar-refractivity contribution in [2.45, 2.75) is 20.3 Å². The zero-order valence-electron chi connectivity index (χ0n) is 12.0. The molecule has 1 aromatic carbocycles. The molecule has 3 N–H and O–H groups in total. The Morgan fingerprint density at radius 3 is 2.80 bits per heavy atom. The lowest BCUT2D eigenvalue weighted by atomic mass is 10.0. The zero-order chi connectivity index (χ0) is 14.3. The number of anilines is 1. The number of H-pyrrole nitrogens is 1. The molecule has 0 aliphatic carbocycles. The first-order valence-corrected chi connectivity index (χ1v) is 6.82. The van der Waals surface area contributed by atoms with E-state index in [0.29, 0.717) is 11.7 Å². The summed E-state index contributed by atoms with van der Waals surface area (Å²) in [6.45, 7) is 4.35. The maximum Gasteiger partial charge on any atom is 0.149 e. The number of benzene rings is 1. The van der Waals surface area contributed by atoms with Crippen LogP contribution < -0.4 is 5.73 Å². The molecule has 20 heavy (non-hydrogen) atoms. The Morgan fingerprint density at radius 2 is 2.05 bits per heavy atom. The molecule has 0 saturated carbocycles. The number of aryl methyl sites for hydroxylation is 1. The third-order valence-electron chi connectivity index (χ3n) is 3.51. The first-order valence-electron chi connectivity index (χ1n) is 6.82. The number of fused-ring (bicyclic) bond motifs is 1. The summed E-state index contributed by atoms with van der Waals surface area (Å²) in [7, 11) is 1.95. The van der Waals surface area contributed by atoms with Crippen molar-refractivity contribution < 1.29 is 0 Å². The van der Waals surface area contributed by atoms with Gasteiger partial charge in [-0.2, -0.15) is 10.2 Å². The average molecular weight is 269 g/mol. The second-order valence-electron chi connectivity index (χ2n) is 5.55.